The van der Waals surface area contributed by atoms with E-state index in [4.69, 9.17) is 0 Å². The third kappa shape index (κ3) is 4.17. The van der Waals surface area contributed by atoms with E-state index in [2.05, 4.69) is 15.3 Å². The third-order valence-electron chi connectivity index (χ3n) is 6.29. The number of benzene rings is 1. The zero-order chi connectivity index (χ0) is 23.0. The molecule has 0 bridgehead atoms. The molecule has 3 N–H and O–H groups in total. The molecule has 4 rings (SSSR count). The van der Waals surface area contributed by atoms with Crippen LogP contribution >= 0.6 is 0 Å². The van der Waals surface area contributed by atoms with Crippen molar-refractivity contribution in [1.29, 1.82) is 0 Å². The first kappa shape index (κ1) is 22.5. The van der Waals surface area contributed by atoms with Gasteiger partial charge < -0.3 is 15.5 Å². The SMILES string of the molecule is Cc1nc(C2(O)CCC(O)CC2)cc2c(N[C@H](C)c3cccc(C(F)F)c3F)ccnc12. The first-order valence-electron chi connectivity index (χ1n) is 10.7. The van der Waals surface area contributed by atoms with Gasteiger partial charge in [0.15, 0.2) is 0 Å². The average molecular weight is 445 g/mol. The lowest BCUT2D eigenvalue weighted by Crippen LogP contribution is -2.34. The number of rotatable bonds is 5. The van der Waals surface area contributed by atoms with Crippen LogP contribution in [0.15, 0.2) is 36.5 Å². The topological polar surface area (TPSA) is 78.3 Å². The van der Waals surface area contributed by atoms with Crippen LogP contribution in [0.1, 0.15) is 67.6 Å². The first-order chi connectivity index (χ1) is 15.2. The summed E-state index contributed by atoms with van der Waals surface area (Å²) >= 11 is 0. The number of nitrogens with one attached hydrogen (secondary N) is 1. The zero-order valence-corrected chi connectivity index (χ0v) is 17.9. The number of hydrogen-bond acceptors (Lipinski definition) is 5. The highest BCUT2D eigenvalue weighted by Gasteiger charge is 2.36. The van der Waals surface area contributed by atoms with Gasteiger partial charge >= 0.3 is 0 Å². The Labute approximate surface area is 184 Å². The van der Waals surface area contributed by atoms with E-state index in [0.717, 1.165) is 6.07 Å². The summed E-state index contributed by atoms with van der Waals surface area (Å²) in [5.74, 6) is -0.922. The Morgan fingerprint density at radius 3 is 2.53 bits per heavy atom. The zero-order valence-electron chi connectivity index (χ0n) is 17.9. The second kappa shape index (κ2) is 8.67. The van der Waals surface area contributed by atoms with Gasteiger partial charge in [0, 0.05) is 22.8 Å². The maximum atomic E-state index is 14.6. The number of aryl methyl sites for hydroxylation is 1. The maximum absolute atomic E-state index is 14.6. The van der Waals surface area contributed by atoms with Gasteiger partial charge in [-0.3, -0.25) is 9.97 Å². The molecule has 1 aromatic carbocycles. The number of fused-ring (bicyclic) bond motifs is 1. The predicted molar refractivity (Wildman–Crippen MR) is 116 cm³/mol. The smallest absolute Gasteiger partial charge is 0.266 e. The normalized spacial score (nSPS) is 22.3. The number of hydrogen-bond donors (Lipinski definition) is 3. The van der Waals surface area contributed by atoms with Crippen LogP contribution in [-0.2, 0) is 5.60 Å². The van der Waals surface area contributed by atoms with Crippen LogP contribution in [0.3, 0.4) is 0 Å². The average Bonchev–Trinajstić information content (AvgIpc) is 2.76. The van der Waals surface area contributed by atoms with E-state index in [1.807, 2.05) is 0 Å². The van der Waals surface area contributed by atoms with Crippen molar-refractivity contribution in [1.82, 2.24) is 9.97 Å². The predicted octanol–water partition coefficient (Wildman–Crippen LogP) is 5.31. The standard InChI is InChI=1S/C24H26F3N3O2/c1-13(16-4-3-5-17(21(16)25)23(26)27)29-19-8-11-28-22-14(2)30-20(12-18(19)22)24(32)9-6-15(31)7-10-24/h3-5,8,11-13,15,23,31-32H,6-7,9-10H2,1-2H3,(H,28,29)/t13-,15?,24?/m1/s1. The van der Waals surface area contributed by atoms with Crippen molar-refractivity contribution in [2.24, 2.45) is 0 Å². The summed E-state index contributed by atoms with van der Waals surface area (Å²) in [7, 11) is 0. The molecular weight excluding hydrogens is 419 g/mol. The van der Waals surface area contributed by atoms with E-state index in [-0.39, 0.29) is 5.56 Å². The number of halogens is 3. The number of nitrogens with zero attached hydrogens (tertiary/aromatic N) is 2. The van der Waals surface area contributed by atoms with Crippen molar-refractivity contribution < 1.29 is 23.4 Å². The molecule has 1 atom stereocenters. The minimum Gasteiger partial charge on any atom is -0.393 e. The van der Waals surface area contributed by atoms with Gasteiger partial charge in [0.2, 0.25) is 0 Å². The highest BCUT2D eigenvalue weighted by atomic mass is 19.3. The minimum absolute atomic E-state index is 0.138. The van der Waals surface area contributed by atoms with Crippen molar-refractivity contribution in [3.05, 3.63) is 64.9 Å². The van der Waals surface area contributed by atoms with Gasteiger partial charge in [-0.05, 0) is 51.7 Å². The lowest BCUT2D eigenvalue weighted by Gasteiger charge is -2.34. The van der Waals surface area contributed by atoms with Crippen molar-refractivity contribution in [3.63, 3.8) is 0 Å². The first-order valence-corrected chi connectivity index (χ1v) is 10.7. The lowest BCUT2D eigenvalue weighted by atomic mass is 9.80. The van der Waals surface area contributed by atoms with E-state index in [1.54, 1.807) is 32.2 Å². The highest BCUT2D eigenvalue weighted by molar-refractivity contribution is 5.92. The van der Waals surface area contributed by atoms with Crippen molar-refractivity contribution >= 4 is 16.6 Å². The molecule has 5 nitrogen and oxygen atoms in total. The van der Waals surface area contributed by atoms with Gasteiger partial charge in [-0.25, -0.2) is 13.2 Å². The number of aliphatic hydroxyl groups excluding tert-OH is 1. The van der Waals surface area contributed by atoms with Gasteiger partial charge in [0.05, 0.1) is 34.6 Å². The molecule has 1 saturated carbocycles. The van der Waals surface area contributed by atoms with E-state index in [0.29, 0.717) is 53.7 Å². The molecule has 1 aliphatic rings. The van der Waals surface area contributed by atoms with Crippen molar-refractivity contribution in [3.8, 4) is 0 Å². The molecule has 0 aliphatic heterocycles. The van der Waals surface area contributed by atoms with Crippen LogP contribution in [0.2, 0.25) is 0 Å². The van der Waals surface area contributed by atoms with Gasteiger partial charge in [-0.1, -0.05) is 18.2 Å². The van der Waals surface area contributed by atoms with E-state index < -0.39 is 35.6 Å². The Kier molecular flexibility index (Phi) is 6.09. The number of anilines is 1. The molecule has 0 amide bonds. The van der Waals surface area contributed by atoms with Gasteiger partial charge in [-0.15, -0.1) is 0 Å². The monoisotopic (exact) mass is 445 g/mol. The molecule has 2 aromatic heterocycles. The van der Waals surface area contributed by atoms with Crippen LogP contribution in [0.25, 0.3) is 10.9 Å². The maximum Gasteiger partial charge on any atom is 0.266 e. The highest BCUT2D eigenvalue weighted by Crippen LogP contribution is 2.39. The Bertz CT molecular complexity index is 1130. The fraction of sp³-hybridized carbons (Fsp3) is 0.417. The van der Waals surface area contributed by atoms with E-state index >= 15 is 0 Å². The second-order valence-corrected chi connectivity index (χ2v) is 8.53. The van der Waals surface area contributed by atoms with Gasteiger partial charge in [0.25, 0.3) is 6.43 Å². The Morgan fingerprint density at radius 2 is 1.84 bits per heavy atom. The quantitative estimate of drug-likeness (QED) is 0.496. The van der Waals surface area contributed by atoms with Gasteiger partial charge in [-0.2, -0.15) is 0 Å². The molecule has 1 aliphatic carbocycles. The third-order valence-corrected chi connectivity index (χ3v) is 6.29. The molecule has 1 fully saturated rings. The van der Waals surface area contributed by atoms with Crippen molar-refractivity contribution in [2.75, 3.05) is 5.32 Å². The number of alkyl halides is 2. The number of aliphatic hydroxyl groups is 2. The Hall–Kier alpha value is -2.71. The van der Waals surface area contributed by atoms with Crippen LogP contribution in [0.5, 0.6) is 0 Å². The molecular formula is C24H26F3N3O2. The summed E-state index contributed by atoms with van der Waals surface area (Å²) in [5.41, 5.74) is 0.776. The summed E-state index contributed by atoms with van der Waals surface area (Å²) in [6, 6.07) is 6.89. The van der Waals surface area contributed by atoms with E-state index in [1.165, 1.54) is 12.1 Å². The molecule has 0 radical (unpaired) electrons. The lowest BCUT2D eigenvalue weighted by molar-refractivity contribution is -0.0391. The summed E-state index contributed by atoms with van der Waals surface area (Å²) in [5, 5.41) is 24.9. The molecule has 3 aromatic rings. The minimum atomic E-state index is -2.89. The molecule has 8 heteroatoms. The summed E-state index contributed by atoms with van der Waals surface area (Å²) in [4.78, 5) is 8.98. The van der Waals surface area contributed by atoms with Crippen LogP contribution in [-0.4, -0.2) is 26.3 Å². The molecule has 2 heterocycles. The molecule has 0 saturated heterocycles. The van der Waals surface area contributed by atoms with Crippen molar-refractivity contribution in [2.45, 2.75) is 63.7 Å². The molecule has 170 valence electrons. The van der Waals surface area contributed by atoms with Crippen LogP contribution in [0.4, 0.5) is 18.9 Å². The fourth-order valence-corrected chi connectivity index (χ4v) is 4.39. The largest absolute Gasteiger partial charge is 0.393 e. The molecule has 0 spiro atoms. The molecule has 32 heavy (non-hydrogen) atoms. The van der Waals surface area contributed by atoms with Crippen LogP contribution < -0.4 is 5.32 Å². The van der Waals surface area contributed by atoms with Gasteiger partial charge in [0.1, 0.15) is 11.4 Å². The fourth-order valence-electron chi connectivity index (χ4n) is 4.39. The Morgan fingerprint density at radius 1 is 1.16 bits per heavy atom. The summed E-state index contributed by atoms with van der Waals surface area (Å²) in [6.07, 6.45) is 0.0666. The molecule has 0 unspecified atom stereocenters. The van der Waals surface area contributed by atoms with Crippen LogP contribution in [0, 0.1) is 12.7 Å². The number of aromatic nitrogens is 2. The summed E-state index contributed by atoms with van der Waals surface area (Å²) in [6.45, 7) is 3.50. The summed E-state index contributed by atoms with van der Waals surface area (Å²) < 4.78 is 40.9. The number of pyridine rings is 2. The Balaban J connectivity index is 1.72. The van der Waals surface area contributed by atoms with E-state index in [9.17, 15) is 23.4 Å². The second-order valence-electron chi connectivity index (χ2n) is 8.53.